The van der Waals surface area contributed by atoms with Crippen LogP contribution in [0.1, 0.15) is 43.5 Å². The summed E-state index contributed by atoms with van der Waals surface area (Å²) < 4.78 is 1.59. The third kappa shape index (κ3) is 3.36. The van der Waals surface area contributed by atoms with E-state index in [1.165, 1.54) is 0 Å². The molecule has 0 aliphatic rings. The van der Waals surface area contributed by atoms with Gasteiger partial charge in [0, 0.05) is 19.3 Å². The second kappa shape index (κ2) is 6.76. The fourth-order valence-electron chi connectivity index (χ4n) is 2.89. The Morgan fingerprint density at radius 2 is 1.96 bits per heavy atom. The van der Waals surface area contributed by atoms with Crippen molar-refractivity contribution in [1.82, 2.24) is 20.1 Å². The third-order valence-corrected chi connectivity index (χ3v) is 4.84. The molecule has 0 saturated carbocycles. The van der Waals surface area contributed by atoms with E-state index in [-0.39, 0.29) is 24.4 Å². The number of fused-ring (bicyclic) bond motifs is 1. The number of hydrogen-bond donors (Lipinski definition) is 3. The molecule has 7 nitrogen and oxygen atoms in total. The molecule has 2 aromatic heterocycles. The molecule has 0 spiro atoms. The van der Waals surface area contributed by atoms with Gasteiger partial charge >= 0.3 is 0 Å². The molecule has 24 heavy (non-hydrogen) atoms. The van der Waals surface area contributed by atoms with Gasteiger partial charge in [-0.15, -0.1) is 0 Å². The first-order chi connectivity index (χ1) is 11.2. The molecule has 0 aromatic carbocycles. The van der Waals surface area contributed by atoms with Crippen LogP contribution in [0.15, 0.2) is 4.79 Å². The van der Waals surface area contributed by atoms with E-state index >= 15 is 0 Å². The zero-order chi connectivity index (χ0) is 18.1. The molecule has 0 saturated heterocycles. The van der Waals surface area contributed by atoms with Crippen LogP contribution in [0.4, 0.5) is 0 Å². The Labute approximate surface area is 141 Å². The number of aromatic nitrogens is 3. The molecule has 7 heteroatoms. The van der Waals surface area contributed by atoms with Gasteiger partial charge < -0.3 is 10.4 Å². The Kier molecular flexibility index (Phi) is 5.13. The number of amides is 1. The highest BCUT2D eigenvalue weighted by Crippen LogP contribution is 2.20. The Bertz CT molecular complexity index is 815. The molecule has 0 unspecified atom stereocenters. The van der Waals surface area contributed by atoms with Crippen molar-refractivity contribution in [3.63, 3.8) is 0 Å². The predicted molar refractivity (Wildman–Crippen MR) is 93.1 cm³/mol. The second-order valence-electron chi connectivity index (χ2n) is 6.38. The Morgan fingerprint density at radius 3 is 2.54 bits per heavy atom. The Morgan fingerprint density at radius 1 is 1.33 bits per heavy atom. The molecule has 0 atom stereocenters. The molecule has 2 rings (SSSR count). The van der Waals surface area contributed by atoms with Gasteiger partial charge in [0.1, 0.15) is 0 Å². The number of carbonyl (C=O) groups is 1. The summed E-state index contributed by atoms with van der Waals surface area (Å²) >= 11 is 0. The SMILES string of the molecule is CCC(O)(CC)CNC(=O)Cc1c(C)nc2c(c1C)c(=O)[nH]n2C. The first kappa shape index (κ1) is 18.2. The van der Waals surface area contributed by atoms with Gasteiger partial charge in [-0.25, -0.2) is 4.98 Å². The first-order valence-corrected chi connectivity index (χ1v) is 8.26. The molecule has 2 heterocycles. The summed E-state index contributed by atoms with van der Waals surface area (Å²) in [4.78, 5) is 28.8. The minimum Gasteiger partial charge on any atom is -0.388 e. The monoisotopic (exact) mass is 334 g/mol. The van der Waals surface area contributed by atoms with E-state index in [1.54, 1.807) is 11.7 Å². The van der Waals surface area contributed by atoms with Crippen LogP contribution < -0.4 is 10.9 Å². The number of aryl methyl sites for hydroxylation is 3. The van der Waals surface area contributed by atoms with Crippen molar-refractivity contribution in [3.8, 4) is 0 Å². The highest BCUT2D eigenvalue weighted by molar-refractivity contribution is 5.84. The highest BCUT2D eigenvalue weighted by atomic mass is 16.3. The minimum absolute atomic E-state index is 0.137. The van der Waals surface area contributed by atoms with Crippen LogP contribution in [-0.2, 0) is 18.3 Å². The molecule has 1 amide bonds. The van der Waals surface area contributed by atoms with Gasteiger partial charge in [0.2, 0.25) is 5.91 Å². The summed E-state index contributed by atoms with van der Waals surface area (Å²) in [6.45, 7) is 7.68. The van der Waals surface area contributed by atoms with Gasteiger partial charge in [0.15, 0.2) is 5.65 Å². The number of rotatable bonds is 6. The van der Waals surface area contributed by atoms with Crippen molar-refractivity contribution in [1.29, 1.82) is 0 Å². The fourth-order valence-corrected chi connectivity index (χ4v) is 2.89. The zero-order valence-corrected chi connectivity index (χ0v) is 15.0. The largest absolute Gasteiger partial charge is 0.388 e. The average molecular weight is 334 g/mol. The van der Waals surface area contributed by atoms with E-state index in [1.807, 2.05) is 27.7 Å². The van der Waals surface area contributed by atoms with Crippen LogP contribution in [0.2, 0.25) is 0 Å². The quantitative estimate of drug-likeness (QED) is 0.736. The Hall–Kier alpha value is -2.15. The average Bonchev–Trinajstić information content (AvgIpc) is 2.83. The van der Waals surface area contributed by atoms with Gasteiger partial charge in [-0.2, -0.15) is 0 Å². The molecule has 0 radical (unpaired) electrons. The van der Waals surface area contributed by atoms with Crippen LogP contribution in [0.5, 0.6) is 0 Å². The van der Waals surface area contributed by atoms with Gasteiger partial charge in [-0.3, -0.25) is 19.4 Å². The van der Waals surface area contributed by atoms with Crippen LogP contribution in [-0.4, -0.2) is 37.9 Å². The summed E-state index contributed by atoms with van der Waals surface area (Å²) in [6.07, 6.45) is 1.29. The van der Waals surface area contributed by atoms with E-state index in [4.69, 9.17) is 0 Å². The lowest BCUT2D eigenvalue weighted by molar-refractivity contribution is -0.121. The van der Waals surface area contributed by atoms with Crippen LogP contribution in [0.3, 0.4) is 0 Å². The maximum atomic E-state index is 12.3. The maximum absolute atomic E-state index is 12.3. The summed E-state index contributed by atoms with van der Waals surface area (Å²) in [5.41, 5.74) is 1.77. The third-order valence-electron chi connectivity index (χ3n) is 4.84. The molecule has 0 aliphatic carbocycles. The molecule has 3 N–H and O–H groups in total. The van der Waals surface area contributed by atoms with Crippen molar-refractivity contribution >= 4 is 16.9 Å². The topological polar surface area (TPSA) is 100 Å². The Balaban J connectivity index is 2.25. The summed E-state index contributed by atoms with van der Waals surface area (Å²) in [7, 11) is 1.73. The number of hydrogen-bond acceptors (Lipinski definition) is 4. The molecule has 0 aliphatic heterocycles. The molecule has 132 valence electrons. The number of aromatic amines is 1. The lowest BCUT2D eigenvalue weighted by Crippen LogP contribution is -2.42. The van der Waals surface area contributed by atoms with Crippen LogP contribution >= 0.6 is 0 Å². The smallest absolute Gasteiger partial charge is 0.273 e. The van der Waals surface area contributed by atoms with E-state index in [2.05, 4.69) is 15.4 Å². The maximum Gasteiger partial charge on any atom is 0.273 e. The van der Waals surface area contributed by atoms with E-state index in [9.17, 15) is 14.7 Å². The number of carbonyl (C=O) groups excluding carboxylic acids is 1. The summed E-state index contributed by atoms with van der Waals surface area (Å²) in [5, 5.41) is 16.3. The highest BCUT2D eigenvalue weighted by Gasteiger charge is 2.23. The normalized spacial score (nSPS) is 11.9. The van der Waals surface area contributed by atoms with Crippen LogP contribution in [0, 0.1) is 13.8 Å². The number of aliphatic hydroxyl groups is 1. The van der Waals surface area contributed by atoms with Crippen molar-refractivity contribution < 1.29 is 9.90 Å². The van der Waals surface area contributed by atoms with Crippen LogP contribution in [0.25, 0.3) is 11.0 Å². The molecular formula is C17H26N4O3. The number of nitrogens with one attached hydrogen (secondary N) is 2. The number of H-pyrrole nitrogens is 1. The fraction of sp³-hybridized carbons (Fsp3) is 0.588. The van der Waals surface area contributed by atoms with E-state index in [0.29, 0.717) is 23.9 Å². The second-order valence-corrected chi connectivity index (χ2v) is 6.38. The zero-order valence-electron chi connectivity index (χ0n) is 15.0. The summed E-state index contributed by atoms with van der Waals surface area (Å²) in [6, 6.07) is 0. The van der Waals surface area contributed by atoms with E-state index < -0.39 is 5.60 Å². The van der Waals surface area contributed by atoms with Crippen molar-refractivity contribution in [2.45, 2.75) is 52.6 Å². The standard InChI is InChI=1S/C17H26N4O3/c1-6-17(24,7-2)9-18-13(22)8-12-10(3)14-15(19-11(12)4)21(5)20-16(14)23/h24H,6-9H2,1-5H3,(H,18,22)(H,20,23). The molecule has 0 bridgehead atoms. The molecular weight excluding hydrogens is 308 g/mol. The van der Waals surface area contributed by atoms with Crippen molar-refractivity contribution in [3.05, 3.63) is 27.2 Å². The first-order valence-electron chi connectivity index (χ1n) is 8.26. The summed E-state index contributed by atoms with van der Waals surface area (Å²) in [5.74, 6) is -0.185. The van der Waals surface area contributed by atoms with Gasteiger partial charge in [-0.05, 0) is 37.8 Å². The number of pyridine rings is 1. The molecule has 2 aromatic rings. The van der Waals surface area contributed by atoms with Gasteiger partial charge in [0.05, 0.1) is 17.4 Å². The van der Waals surface area contributed by atoms with Crippen molar-refractivity contribution in [2.24, 2.45) is 7.05 Å². The minimum atomic E-state index is -0.876. The lowest BCUT2D eigenvalue weighted by atomic mass is 9.97. The molecule has 0 fully saturated rings. The van der Waals surface area contributed by atoms with Gasteiger partial charge in [0.25, 0.3) is 5.56 Å². The van der Waals surface area contributed by atoms with E-state index in [0.717, 1.165) is 16.8 Å². The predicted octanol–water partition coefficient (Wildman–Crippen LogP) is 1.09. The van der Waals surface area contributed by atoms with Crippen molar-refractivity contribution in [2.75, 3.05) is 6.54 Å². The van der Waals surface area contributed by atoms with Gasteiger partial charge in [-0.1, -0.05) is 13.8 Å². The number of nitrogens with zero attached hydrogens (tertiary/aromatic N) is 2. The lowest BCUT2D eigenvalue weighted by Gasteiger charge is -2.25.